The molecule has 46 heavy (non-hydrogen) atoms. The molecule has 1 atom stereocenters. The molecule has 1 fully saturated rings. The van der Waals surface area contributed by atoms with Gasteiger partial charge in [-0.05, 0) is 83.9 Å². The van der Waals surface area contributed by atoms with E-state index in [9.17, 15) is 4.79 Å². The molecule has 8 nitrogen and oxygen atoms in total. The van der Waals surface area contributed by atoms with E-state index in [1.165, 1.54) is 35.3 Å². The second kappa shape index (κ2) is 15.3. The molecule has 250 valence electrons. The first kappa shape index (κ1) is 34.4. The van der Waals surface area contributed by atoms with Gasteiger partial charge in [0.15, 0.2) is 8.32 Å². The van der Waals surface area contributed by atoms with Crippen LogP contribution in [-0.4, -0.2) is 95.3 Å². The number of ether oxygens (including phenoxy) is 3. The molecule has 2 aliphatic rings. The molecule has 1 N–H and O–H groups in total. The smallest absolute Gasteiger partial charge is 0.330 e. The number of fused-ring (bicyclic) bond motifs is 2. The largest absolute Gasteiger partial charge is 0.492 e. The van der Waals surface area contributed by atoms with Gasteiger partial charge < -0.3 is 23.6 Å². The number of esters is 1. The fraction of sp³-hybridized carbons (Fsp3) is 0.541. The number of methoxy groups -OCH3 is 1. The highest BCUT2D eigenvalue weighted by molar-refractivity contribution is 6.74. The first-order chi connectivity index (χ1) is 22.0. The number of aryl methyl sites for hydroxylation is 1. The van der Waals surface area contributed by atoms with E-state index in [0.29, 0.717) is 12.6 Å². The predicted molar refractivity (Wildman–Crippen MR) is 188 cm³/mol. The van der Waals surface area contributed by atoms with E-state index in [4.69, 9.17) is 18.6 Å². The number of benzene rings is 2. The number of H-pyrrole nitrogens is 1. The quantitative estimate of drug-likeness (QED) is 0.120. The van der Waals surface area contributed by atoms with Crippen LogP contribution in [0, 0.1) is 0 Å². The third kappa shape index (κ3) is 8.69. The van der Waals surface area contributed by atoms with Crippen molar-refractivity contribution in [2.75, 3.05) is 66.3 Å². The summed E-state index contributed by atoms with van der Waals surface area (Å²) < 4.78 is 23.1. The van der Waals surface area contributed by atoms with Crippen molar-refractivity contribution in [3.05, 3.63) is 70.9 Å². The summed E-state index contributed by atoms with van der Waals surface area (Å²) in [6.45, 7) is 19.3. The summed E-state index contributed by atoms with van der Waals surface area (Å²) in [7, 11) is -0.451. The Balaban J connectivity index is 1.29. The molecule has 2 aromatic carbocycles. The maximum atomic E-state index is 11.6. The molecule has 0 amide bonds. The summed E-state index contributed by atoms with van der Waals surface area (Å²) in [5.74, 6) is 0.582. The van der Waals surface area contributed by atoms with Gasteiger partial charge in [0, 0.05) is 68.5 Å². The molecule has 0 saturated carbocycles. The Morgan fingerprint density at radius 1 is 1.11 bits per heavy atom. The number of aromatic nitrogens is 1. The van der Waals surface area contributed by atoms with Gasteiger partial charge in [-0.1, -0.05) is 39.0 Å². The molecule has 5 rings (SSSR count). The maximum absolute atomic E-state index is 11.6. The Kier molecular flexibility index (Phi) is 11.4. The lowest BCUT2D eigenvalue weighted by atomic mass is 10.0. The summed E-state index contributed by atoms with van der Waals surface area (Å²) in [5, 5.41) is 1.41. The van der Waals surface area contributed by atoms with E-state index in [2.05, 4.69) is 91.2 Å². The van der Waals surface area contributed by atoms with Gasteiger partial charge in [0.1, 0.15) is 12.4 Å². The Hall–Kier alpha value is -2.95. The normalized spacial score (nSPS) is 17.7. The predicted octanol–water partition coefficient (Wildman–Crippen LogP) is 6.62. The lowest BCUT2D eigenvalue weighted by Crippen LogP contribution is -2.43. The summed E-state index contributed by atoms with van der Waals surface area (Å²) in [4.78, 5) is 20.1. The second-order valence-electron chi connectivity index (χ2n) is 14.1. The van der Waals surface area contributed by atoms with Crippen molar-refractivity contribution in [2.24, 2.45) is 0 Å². The summed E-state index contributed by atoms with van der Waals surface area (Å²) in [6, 6.07) is 13.3. The Bertz CT molecular complexity index is 1490. The average molecular weight is 648 g/mol. The fourth-order valence-electron chi connectivity index (χ4n) is 6.22. The lowest BCUT2D eigenvalue weighted by molar-refractivity contribution is -0.134. The molecular formula is C37H53N3O5Si. The molecular weight excluding hydrogens is 595 g/mol. The van der Waals surface area contributed by atoms with Crippen molar-refractivity contribution >= 4 is 31.3 Å². The summed E-state index contributed by atoms with van der Waals surface area (Å²) >= 11 is 0. The van der Waals surface area contributed by atoms with Gasteiger partial charge in [-0.3, -0.25) is 9.80 Å². The monoisotopic (exact) mass is 647 g/mol. The third-order valence-electron chi connectivity index (χ3n) is 10.1. The van der Waals surface area contributed by atoms with E-state index >= 15 is 0 Å². The first-order valence-corrected chi connectivity index (χ1v) is 19.7. The van der Waals surface area contributed by atoms with Crippen LogP contribution < -0.4 is 4.74 Å². The number of carbonyl (C=O) groups excluding carboxylic acids is 1. The number of aromatic amines is 1. The van der Waals surface area contributed by atoms with Gasteiger partial charge in [0.05, 0.1) is 20.3 Å². The maximum Gasteiger partial charge on any atom is 0.330 e. The van der Waals surface area contributed by atoms with Crippen molar-refractivity contribution in [2.45, 2.75) is 64.2 Å². The number of nitrogens with one attached hydrogen (secondary N) is 1. The number of hydrogen-bond donors (Lipinski definition) is 1. The van der Waals surface area contributed by atoms with Gasteiger partial charge in [-0.2, -0.15) is 0 Å². The number of nitrogens with zero attached hydrogens (tertiary/aromatic N) is 2. The van der Waals surface area contributed by atoms with E-state index in [-0.39, 0.29) is 11.0 Å². The molecule has 1 aliphatic carbocycles. The van der Waals surface area contributed by atoms with Crippen LogP contribution in [0.3, 0.4) is 0 Å². The fourth-order valence-corrected chi connectivity index (χ4v) is 7.26. The van der Waals surface area contributed by atoms with Crippen molar-refractivity contribution in [3.8, 4) is 5.75 Å². The minimum absolute atomic E-state index is 0.178. The minimum atomic E-state index is -1.85. The molecule has 0 spiro atoms. The molecule has 2 heterocycles. The van der Waals surface area contributed by atoms with Crippen LogP contribution in [0.1, 0.15) is 55.5 Å². The van der Waals surface area contributed by atoms with Crippen LogP contribution in [0.15, 0.2) is 48.7 Å². The molecule has 1 aliphatic heterocycles. The highest BCUT2D eigenvalue weighted by atomic mass is 28.4. The van der Waals surface area contributed by atoms with Crippen molar-refractivity contribution < 1.29 is 23.4 Å². The van der Waals surface area contributed by atoms with E-state index in [1.807, 2.05) is 6.08 Å². The second-order valence-corrected chi connectivity index (χ2v) is 18.9. The van der Waals surface area contributed by atoms with Gasteiger partial charge in [0.25, 0.3) is 0 Å². The minimum Gasteiger partial charge on any atom is -0.492 e. The summed E-state index contributed by atoms with van der Waals surface area (Å²) in [5.41, 5.74) is 6.22. The molecule has 0 radical (unpaired) electrons. The molecule has 1 aromatic heterocycles. The number of hydrogen-bond acceptors (Lipinski definition) is 7. The first-order valence-electron chi connectivity index (χ1n) is 16.8. The van der Waals surface area contributed by atoms with Gasteiger partial charge in [-0.25, -0.2) is 4.79 Å². The highest BCUT2D eigenvalue weighted by Gasteiger charge is 2.37. The molecule has 1 unspecified atom stereocenters. The standard InChI is InChI=1S/C37H53N3O5Si/c1-37(2,3)46(5,6)45-24-20-40(35-13-9-29-25-28(7-11-32(29)35)8-14-36(41)42-4)16-15-30-27-38-34-12-10-31(26-33(30)34)44-23-19-39-17-21-43-22-18-39/h7-8,10-12,14,25-27,35,38H,9,13,15-24H2,1-6H3. The summed E-state index contributed by atoms with van der Waals surface area (Å²) in [6.07, 6.45) is 8.52. The number of morpholine rings is 1. The van der Waals surface area contributed by atoms with Crippen LogP contribution >= 0.6 is 0 Å². The van der Waals surface area contributed by atoms with Gasteiger partial charge in [0.2, 0.25) is 0 Å². The zero-order valence-corrected chi connectivity index (χ0v) is 29.7. The van der Waals surface area contributed by atoms with Crippen LogP contribution in [-0.2, 0) is 31.5 Å². The number of carbonyl (C=O) groups is 1. The van der Waals surface area contributed by atoms with E-state index in [0.717, 1.165) is 88.6 Å². The van der Waals surface area contributed by atoms with E-state index in [1.54, 1.807) is 0 Å². The van der Waals surface area contributed by atoms with Crippen molar-refractivity contribution in [3.63, 3.8) is 0 Å². The van der Waals surface area contributed by atoms with E-state index < -0.39 is 8.32 Å². The third-order valence-corrected chi connectivity index (χ3v) is 14.6. The lowest BCUT2D eigenvalue weighted by Gasteiger charge is -2.37. The average Bonchev–Trinajstić information content (AvgIpc) is 3.65. The van der Waals surface area contributed by atoms with Gasteiger partial charge in [-0.15, -0.1) is 0 Å². The SMILES string of the molecule is COC(=O)C=Cc1ccc2c(c1)CCC2N(CCO[Si](C)(C)C(C)(C)C)CCc1c[nH]c2ccc(OCCN3CCOCC3)cc12. The molecule has 0 bridgehead atoms. The van der Waals surface area contributed by atoms with Crippen LogP contribution in [0.25, 0.3) is 17.0 Å². The zero-order chi connectivity index (χ0) is 32.7. The van der Waals surface area contributed by atoms with Crippen molar-refractivity contribution in [1.82, 2.24) is 14.8 Å². The Morgan fingerprint density at radius 3 is 2.67 bits per heavy atom. The van der Waals surface area contributed by atoms with Gasteiger partial charge >= 0.3 is 5.97 Å². The van der Waals surface area contributed by atoms with Crippen LogP contribution in [0.2, 0.25) is 18.1 Å². The Morgan fingerprint density at radius 2 is 1.91 bits per heavy atom. The van der Waals surface area contributed by atoms with Crippen molar-refractivity contribution in [1.29, 1.82) is 0 Å². The van der Waals surface area contributed by atoms with Crippen LogP contribution in [0.4, 0.5) is 0 Å². The topological polar surface area (TPSA) is 76.3 Å². The highest BCUT2D eigenvalue weighted by Crippen LogP contribution is 2.38. The molecule has 1 saturated heterocycles. The molecule has 9 heteroatoms. The van der Waals surface area contributed by atoms with Crippen LogP contribution in [0.5, 0.6) is 5.75 Å². The molecule has 3 aromatic rings. The number of rotatable bonds is 14. The zero-order valence-electron chi connectivity index (χ0n) is 28.7. The Labute approximate surface area is 276 Å².